The molecule has 2 aliphatic rings. The van der Waals surface area contributed by atoms with Crippen molar-refractivity contribution < 1.29 is 14.6 Å². The van der Waals surface area contributed by atoms with Gasteiger partial charge in [0.2, 0.25) is 0 Å². The van der Waals surface area contributed by atoms with Crippen LogP contribution in [0.15, 0.2) is 18.3 Å². The fraction of sp³-hybridized carbons (Fsp3) is 0.571. The lowest BCUT2D eigenvalue weighted by Gasteiger charge is -2.33. The van der Waals surface area contributed by atoms with Crippen LogP contribution in [-0.4, -0.2) is 58.8 Å². The molecule has 20 heavy (non-hydrogen) atoms. The van der Waals surface area contributed by atoms with Gasteiger partial charge in [-0.1, -0.05) is 0 Å². The second-order valence-corrected chi connectivity index (χ2v) is 5.56. The Morgan fingerprint density at radius 1 is 1.50 bits per heavy atom. The van der Waals surface area contributed by atoms with Gasteiger partial charge in [-0.3, -0.25) is 9.69 Å². The summed E-state index contributed by atoms with van der Waals surface area (Å²) in [7, 11) is 0. The molecule has 3 atom stereocenters. The van der Waals surface area contributed by atoms with Gasteiger partial charge in [0.15, 0.2) is 0 Å². The standard InChI is InChI=1S/C14H19N3O3/c1-9-6-17-7-10(4-11(17)8-20-9)16-14(19)13-3-2-12(18)5-15-13/h2-3,5,9-11,18H,4,6-8H2,1H3,(H,16,19)/t9-,10+,11-/m0/s1. The lowest BCUT2D eigenvalue weighted by atomic mass is 10.1. The molecule has 0 unspecified atom stereocenters. The van der Waals surface area contributed by atoms with Crippen molar-refractivity contribution in [2.24, 2.45) is 0 Å². The number of nitrogens with zero attached hydrogens (tertiary/aromatic N) is 2. The topological polar surface area (TPSA) is 74.7 Å². The molecule has 1 aromatic rings. The Bertz CT molecular complexity index is 491. The van der Waals surface area contributed by atoms with Crippen LogP contribution in [0.25, 0.3) is 0 Å². The first-order valence-electron chi connectivity index (χ1n) is 6.93. The number of pyridine rings is 1. The molecule has 108 valence electrons. The minimum absolute atomic E-state index is 0.0608. The molecule has 3 heterocycles. The second kappa shape index (κ2) is 5.38. The quantitative estimate of drug-likeness (QED) is 0.817. The molecule has 0 spiro atoms. The Hall–Kier alpha value is -1.66. The lowest BCUT2D eigenvalue weighted by Crippen LogP contribution is -2.45. The summed E-state index contributed by atoms with van der Waals surface area (Å²) in [6.45, 7) is 4.60. The molecule has 6 heteroatoms. The van der Waals surface area contributed by atoms with Crippen LogP contribution in [0.5, 0.6) is 5.75 Å². The third-order valence-corrected chi connectivity index (χ3v) is 3.91. The summed E-state index contributed by atoms with van der Waals surface area (Å²) < 4.78 is 5.65. The zero-order valence-electron chi connectivity index (χ0n) is 11.5. The van der Waals surface area contributed by atoms with Gasteiger partial charge in [0.1, 0.15) is 11.4 Å². The highest BCUT2D eigenvalue weighted by atomic mass is 16.5. The van der Waals surface area contributed by atoms with Crippen molar-refractivity contribution in [3.63, 3.8) is 0 Å². The van der Waals surface area contributed by atoms with Crippen molar-refractivity contribution in [3.8, 4) is 5.75 Å². The second-order valence-electron chi connectivity index (χ2n) is 5.56. The molecule has 0 aliphatic carbocycles. The summed E-state index contributed by atoms with van der Waals surface area (Å²) in [6, 6.07) is 3.54. The maximum absolute atomic E-state index is 12.1. The minimum atomic E-state index is -0.191. The summed E-state index contributed by atoms with van der Waals surface area (Å²) in [6.07, 6.45) is 2.46. The predicted octanol–water partition coefficient (Wildman–Crippen LogP) is 0.379. The molecule has 2 N–H and O–H groups in total. The number of rotatable bonds is 2. The summed E-state index contributed by atoms with van der Waals surface area (Å²) in [5.74, 6) is -0.130. The number of ether oxygens (including phenoxy) is 1. The van der Waals surface area contributed by atoms with Crippen LogP contribution in [0, 0.1) is 0 Å². The molecule has 0 radical (unpaired) electrons. The van der Waals surface area contributed by atoms with E-state index >= 15 is 0 Å². The first-order valence-corrected chi connectivity index (χ1v) is 6.93. The molecule has 2 saturated heterocycles. The van der Waals surface area contributed by atoms with E-state index in [9.17, 15) is 9.90 Å². The van der Waals surface area contributed by atoms with Gasteiger partial charge in [-0.05, 0) is 25.5 Å². The molecular formula is C14H19N3O3. The number of amides is 1. The Balaban J connectivity index is 1.59. The van der Waals surface area contributed by atoms with Crippen LogP contribution >= 0.6 is 0 Å². The van der Waals surface area contributed by atoms with Crippen molar-refractivity contribution >= 4 is 5.91 Å². The number of carbonyl (C=O) groups is 1. The van der Waals surface area contributed by atoms with Gasteiger partial charge >= 0.3 is 0 Å². The number of hydrogen-bond acceptors (Lipinski definition) is 5. The van der Waals surface area contributed by atoms with Gasteiger partial charge in [0.05, 0.1) is 18.9 Å². The summed E-state index contributed by atoms with van der Waals surface area (Å²) in [5, 5.41) is 12.2. The van der Waals surface area contributed by atoms with Crippen LogP contribution in [-0.2, 0) is 4.74 Å². The van der Waals surface area contributed by atoms with Crippen molar-refractivity contribution in [1.82, 2.24) is 15.2 Å². The van der Waals surface area contributed by atoms with E-state index < -0.39 is 0 Å². The van der Waals surface area contributed by atoms with E-state index in [1.54, 1.807) is 0 Å². The molecule has 0 aromatic carbocycles. The largest absolute Gasteiger partial charge is 0.506 e. The summed E-state index contributed by atoms with van der Waals surface area (Å²) in [4.78, 5) is 18.4. The van der Waals surface area contributed by atoms with Gasteiger partial charge in [-0.15, -0.1) is 0 Å². The molecule has 2 fully saturated rings. The van der Waals surface area contributed by atoms with E-state index in [4.69, 9.17) is 4.74 Å². The normalized spacial score (nSPS) is 29.9. The highest BCUT2D eigenvalue weighted by molar-refractivity contribution is 5.92. The van der Waals surface area contributed by atoms with E-state index in [1.807, 2.05) is 0 Å². The highest BCUT2D eigenvalue weighted by Gasteiger charge is 2.36. The number of aromatic nitrogens is 1. The number of aromatic hydroxyl groups is 1. The predicted molar refractivity (Wildman–Crippen MR) is 72.5 cm³/mol. The van der Waals surface area contributed by atoms with Gasteiger partial charge < -0.3 is 15.2 Å². The van der Waals surface area contributed by atoms with Gasteiger partial charge in [0.25, 0.3) is 5.91 Å². The van der Waals surface area contributed by atoms with E-state index in [1.165, 1.54) is 18.3 Å². The number of nitrogens with one attached hydrogen (secondary N) is 1. The number of fused-ring (bicyclic) bond motifs is 1. The van der Waals surface area contributed by atoms with Gasteiger partial charge in [-0.2, -0.15) is 0 Å². The minimum Gasteiger partial charge on any atom is -0.506 e. The van der Waals surface area contributed by atoms with Crippen LogP contribution in [0.2, 0.25) is 0 Å². The van der Waals surface area contributed by atoms with Crippen LogP contribution < -0.4 is 5.32 Å². The third-order valence-electron chi connectivity index (χ3n) is 3.91. The van der Waals surface area contributed by atoms with Gasteiger partial charge in [-0.25, -0.2) is 4.98 Å². The summed E-state index contributed by atoms with van der Waals surface area (Å²) >= 11 is 0. The fourth-order valence-electron chi connectivity index (χ4n) is 2.92. The maximum atomic E-state index is 12.1. The van der Waals surface area contributed by atoms with Gasteiger partial charge in [0, 0.05) is 25.2 Å². The smallest absolute Gasteiger partial charge is 0.270 e. The molecule has 1 amide bonds. The number of hydrogen-bond donors (Lipinski definition) is 2. The van der Waals surface area contributed by atoms with Crippen molar-refractivity contribution in [2.75, 3.05) is 19.7 Å². The molecule has 6 nitrogen and oxygen atoms in total. The van der Waals surface area contributed by atoms with Crippen LogP contribution in [0.3, 0.4) is 0 Å². The van der Waals surface area contributed by atoms with Crippen molar-refractivity contribution in [3.05, 3.63) is 24.0 Å². The van der Waals surface area contributed by atoms with Crippen LogP contribution in [0.1, 0.15) is 23.8 Å². The van der Waals surface area contributed by atoms with Crippen molar-refractivity contribution in [1.29, 1.82) is 0 Å². The molecule has 2 aliphatic heterocycles. The number of carbonyl (C=O) groups excluding carboxylic acids is 1. The molecule has 1 aromatic heterocycles. The average Bonchev–Trinajstić information content (AvgIpc) is 2.80. The summed E-state index contributed by atoms with van der Waals surface area (Å²) in [5.41, 5.74) is 0.331. The highest BCUT2D eigenvalue weighted by Crippen LogP contribution is 2.23. The zero-order valence-corrected chi connectivity index (χ0v) is 11.5. The average molecular weight is 277 g/mol. The van der Waals surface area contributed by atoms with E-state index in [2.05, 4.69) is 22.1 Å². The Morgan fingerprint density at radius 2 is 2.35 bits per heavy atom. The third kappa shape index (κ3) is 2.76. The van der Waals surface area contributed by atoms with Crippen molar-refractivity contribution in [2.45, 2.75) is 31.5 Å². The van der Waals surface area contributed by atoms with E-state index in [0.29, 0.717) is 11.7 Å². The Kier molecular flexibility index (Phi) is 3.58. The first-order chi connectivity index (χ1) is 9.61. The number of morpholine rings is 1. The molecule has 0 bridgehead atoms. The monoisotopic (exact) mass is 277 g/mol. The first kappa shape index (κ1) is 13.3. The molecule has 3 rings (SSSR count). The molecular weight excluding hydrogens is 258 g/mol. The SMILES string of the molecule is C[C@H]1CN2C[C@H](NC(=O)c3ccc(O)cn3)C[C@H]2CO1. The van der Waals surface area contributed by atoms with E-state index in [0.717, 1.165) is 26.1 Å². The Labute approximate surface area is 117 Å². The zero-order chi connectivity index (χ0) is 14.1. The van der Waals surface area contributed by atoms with E-state index in [-0.39, 0.29) is 23.8 Å². The molecule has 0 saturated carbocycles. The lowest BCUT2D eigenvalue weighted by molar-refractivity contribution is -0.0390. The Morgan fingerprint density at radius 3 is 3.10 bits per heavy atom. The van der Waals surface area contributed by atoms with Crippen LogP contribution in [0.4, 0.5) is 0 Å². The fourth-order valence-corrected chi connectivity index (χ4v) is 2.92. The maximum Gasteiger partial charge on any atom is 0.270 e.